The van der Waals surface area contributed by atoms with Gasteiger partial charge in [0.25, 0.3) is 0 Å². The molecule has 3 heterocycles. The summed E-state index contributed by atoms with van der Waals surface area (Å²) < 4.78 is 4.69. The molecule has 0 saturated heterocycles. The van der Waals surface area contributed by atoms with Crippen LogP contribution in [-0.2, 0) is 0 Å². The number of fused-ring (bicyclic) bond motifs is 7. The van der Waals surface area contributed by atoms with Crippen molar-refractivity contribution in [1.82, 2.24) is 24.1 Å². The summed E-state index contributed by atoms with van der Waals surface area (Å²) in [5.41, 5.74) is 9.52. The molecule has 3 aromatic heterocycles. The van der Waals surface area contributed by atoms with E-state index < -0.39 is 0 Å². The van der Waals surface area contributed by atoms with Crippen molar-refractivity contribution in [2.45, 2.75) is 0 Å². The fourth-order valence-electron chi connectivity index (χ4n) is 8.08. The molecule has 8 aromatic carbocycles. The summed E-state index contributed by atoms with van der Waals surface area (Å²) in [5.74, 6) is 1.88. The number of para-hydroxylation sites is 4. The smallest absolute Gasteiger partial charge is 0.166 e. The van der Waals surface area contributed by atoms with E-state index in [0.717, 1.165) is 44.5 Å². The van der Waals surface area contributed by atoms with Crippen molar-refractivity contribution in [2.75, 3.05) is 0 Å². The molecular formula is C49H31N5. The van der Waals surface area contributed by atoms with E-state index >= 15 is 0 Å². The van der Waals surface area contributed by atoms with Crippen molar-refractivity contribution in [3.63, 3.8) is 0 Å². The van der Waals surface area contributed by atoms with E-state index in [1.807, 2.05) is 18.2 Å². The molecular weight excluding hydrogens is 659 g/mol. The zero-order valence-corrected chi connectivity index (χ0v) is 29.1. The summed E-state index contributed by atoms with van der Waals surface area (Å²) in [7, 11) is 0. The van der Waals surface area contributed by atoms with Crippen molar-refractivity contribution in [3.8, 4) is 45.5 Å². The third-order valence-corrected chi connectivity index (χ3v) is 10.5. The predicted octanol–water partition coefficient (Wildman–Crippen LogP) is 12.2. The highest BCUT2D eigenvalue weighted by Crippen LogP contribution is 2.39. The molecule has 0 fully saturated rings. The zero-order valence-electron chi connectivity index (χ0n) is 29.1. The zero-order chi connectivity index (χ0) is 35.6. The maximum absolute atomic E-state index is 5.24. The largest absolute Gasteiger partial charge is 0.309 e. The number of hydrogen-bond acceptors (Lipinski definition) is 3. The van der Waals surface area contributed by atoms with Crippen molar-refractivity contribution in [1.29, 1.82) is 0 Å². The summed E-state index contributed by atoms with van der Waals surface area (Å²) in [6.45, 7) is 0. The monoisotopic (exact) mass is 689 g/mol. The molecule has 0 radical (unpaired) electrons. The molecule has 5 heteroatoms. The van der Waals surface area contributed by atoms with Gasteiger partial charge in [0, 0.05) is 49.6 Å². The summed E-state index contributed by atoms with van der Waals surface area (Å²) in [4.78, 5) is 15.5. The Bertz CT molecular complexity index is 3200. The molecule has 0 aliphatic rings. The van der Waals surface area contributed by atoms with Crippen LogP contribution in [0.5, 0.6) is 0 Å². The fourth-order valence-corrected chi connectivity index (χ4v) is 8.08. The number of rotatable bonds is 5. The molecule has 11 rings (SSSR count). The number of benzene rings is 8. The van der Waals surface area contributed by atoms with Gasteiger partial charge in [-0.05, 0) is 77.5 Å². The molecule has 11 aromatic rings. The van der Waals surface area contributed by atoms with Crippen LogP contribution in [0.4, 0.5) is 0 Å². The summed E-state index contributed by atoms with van der Waals surface area (Å²) in [6, 6.07) is 66.1. The number of nitrogens with zero attached hydrogens (tertiary/aromatic N) is 5. The van der Waals surface area contributed by atoms with E-state index in [1.54, 1.807) is 0 Å². The van der Waals surface area contributed by atoms with Gasteiger partial charge in [0.1, 0.15) is 0 Å². The lowest BCUT2D eigenvalue weighted by Gasteiger charge is -2.13. The van der Waals surface area contributed by atoms with Crippen molar-refractivity contribution in [2.24, 2.45) is 0 Å². The van der Waals surface area contributed by atoms with Gasteiger partial charge in [-0.2, -0.15) is 0 Å². The first kappa shape index (κ1) is 30.3. The second-order valence-corrected chi connectivity index (χ2v) is 13.7. The Hall–Kier alpha value is -7.37. The molecule has 0 saturated carbocycles. The lowest BCUT2D eigenvalue weighted by molar-refractivity contribution is 1.07. The Balaban J connectivity index is 1.11. The molecule has 0 N–H and O–H groups in total. The maximum atomic E-state index is 5.24. The van der Waals surface area contributed by atoms with Gasteiger partial charge < -0.3 is 9.13 Å². The average Bonchev–Trinajstić information content (AvgIpc) is 3.76. The van der Waals surface area contributed by atoms with Gasteiger partial charge in [-0.25, -0.2) is 15.0 Å². The first-order valence-corrected chi connectivity index (χ1v) is 18.2. The minimum atomic E-state index is 0.623. The van der Waals surface area contributed by atoms with Crippen molar-refractivity contribution < 1.29 is 0 Å². The molecule has 0 unspecified atom stereocenters. The maximum Gasteiger partial charge on any atom is 0.166 e. The Morgan fingerprint density at radius 3 is 1.56 bits per heavy atom. The van der Waals surface area contributed by atoms with Crippen LogP contribution >= 0.6 is 0 Å². The normalized spacial score (nSPS) is 11.7. The van der Waals surface area contributed by atoms with Crippen molar-refractivity contribution in [3.05, 3.63) is 188 Å². The Labute approximate surface area is 311 Å². The molecule has 0 bridgehead atoms. The SMILES string of the molecule is c1ccc(-c2nc(-c3ccc(-n4c5ccccc5c5cc6ccccc6cc54)cc3)nc(-c3cccc4c5ccccc5n(-c5ccccc5)c34)n2)cc1. The van der Waals surface area contributed by atoms with Crippen LogP contribution in [-0.4, -0.2) is 24.1 Å². The quantitative estimate of drug-likeness (QED) is 0.181. The van der Waals surface area contributed by atoms with Crippen LogP contribution in [0.15, 0.2) is 188 Å². The minimum absolute atomic E-state index is 0.623. The van der Waals surface area contributed by atoms with Crippen LogP contribution in [0.1, 0.15) is 0 Å². The summed E-state index contributed by atoms with van der Waals surface area (Å²) >= 11 is 0. The third-order valence-electron chi connectivity index (χ3n) is 10.5. The molecule has 0 aliphatic carbocycles. The van der Waals surface area contributed by atoms with E-state index in [-0.39, 0.29) is 0 Å². The molecule has 0 spiro atoms. The van der Waals surface area contributed by atoms with E-state index in [4.69, 9.17) is 15.0 Å². The molecule has 5 nitrogen and oxygen atoms in total. The van der Waals surface area contributed by atoms with Gasteiger partial charge in [0.2, 0.25) is 0 Å². The molecule has 54 heavy (non-hydrogen) atoms. The second-order valence-electron chi connectivity index (χ2n) is 13.7. The molecule has 0 amide bonds. The molecule has 0 aliphatic heterocycles. The topological polar surface area (TPSA) is 48.5 Å². The van der Waals surface area contributed by atoms with Gasteiger partial charge in [0.15, 0.2) is 17.5 Å². The van der Waals surface area contributed by atoms with Gasteiger partial charge in [-0.3, -0.25) is 0 Å². The third kappa shape index (κ3) is 4.76. The van der Waals surface area contributed by atoms with Crippen LogP contribution in [0, 0.1) is 0 Å². The van der Waals surface area contributed by atoms with Crippen LogP contribution in [0.25, 0.3) is 99.9 Å². The van der Waals surface area contributed by atoms with E-state index in [1.165, 1.54) is 38.0 Å². The highest BCUT2D eigenvalue weighted by atomic mass is 15.0. The van der Waals surface area contributed by atoms with Crippen LogP contribution in [0.3, 0.4) is 0 Å². The molecule has 0 atom stereocenters. The van der Waals surface area contributed by atoms with Crippen LogP contribution < -0.4 is 0 Å². The highest BCUT2D eigenvalue weighted by molar-refractivity contribution is 6.14. The lowest BCUT2D eigenvalue weighted by Crippen LogP contribution is -2.02. The van der Waals surface area contributed by atoms with E-state index in [2.05, 4.69) is 179 Å². The first-order chi connectivity index (χ1) is 26.8. The standard InChI is InChI=1S/C49H31N5/c1-3-14-32(15-4-1)47-50-48(52-49(51-47)41-23-13-22-40-38-20-9-12-25-44(38)54(46(40)41)36-18-5-2-6-19-36)33-26-28-37(29-27-33)53-43-24-11-10-21-39(43)42-30-34-16-7-8-17-35(34)31-45(42)53/h1-31H. The fraction of sp³-hybridized carbons (Fsp3) is 0. The Kier molecular flexibility index (Phi) is 6.79. The summed E-state index contributed by atoms with van der Waals surface area (Å²) in [5, 5.41) is 7.27. The lowest BCUT2D eigenvalue weighted by atomic mass is 10.1. The van der Waals surface area contributed by atoms with Gasteiger partial charge in [0.05, 0.1) is 22.1 Å². The van der Waals surface area contributed by atoms with E-state index in [0.29, 0.717) is 17.5 Å². The Morgan fingerprint density at radius 2 is 0.833 bits per heavy atom. The molecule has 252 valence electrons. The minimum Gasteiger partial charge on any atom is -0.309 e. The highest BCUT2D eigenvalue weighted by Gasteiger charge is 2.20. The first-order valence-electron chi connectivity index (χ1n) is 18.2. The van der Waals surface area contributed by atoms with Gasteiger partial charge in [-0.15, -0.1) is 0 Å². The predicted molar refractivity (Wildman–Crippen MR) is 222 cm³/mol. The van der Waals surface area contributed by atoms with E-state index in [9.17, 15) is 0 Å². The number of hydrogen-bond donors (Lipinski definition) is 0. The average molecular weight is 690 g/mol. The second kappa shape index (κ2) is 12.1. The van der Waals surface area contributed by atoms with Gasteiger partial charge in [-0.1, -0.05) is 121 Å². The Morgan fingerprint density at radius 1 is 0.315 bits per heavy atom. The van der Waals surface area contributed by atoms with Gasteiger partial charge >= 0.3 is 0 Å². The summed E-state index contributed by atoms with van der Waals surface area (Å²) in [6.07, 6.45) is 0. The van der Waals surface area contributed by atoms with Crippen LogP contribution in [0.2, 0.25) is 0 Å². The number of aromatic nitrogens is 5. The van der Waals surface area contributed by atoms with Crippen molar-refractivity contribution >= 4 is 54.4 Å².